The molecule has 0 saturated carbocycles. The minimum atomic E-state index is -0.572. The van der Waals surface area contributed by atoms with Gasteiger partial charge in [-0.25, -0.2) is 9.67 Å². The van der Waals surface area contributed by atoms with Gasteiger partial charge in [-0.3, -0.25) is 19.0 Å². The van der Waals surface area contributed by atoms with Crippen LogP contribution in [0.4, 0.5) is 0 Å². The number of pyridine rings is 2. The van der Waals surface area contributed by atoms with Crippen LogP contribution in [0.2, 0.25) is 0 Å². The van der Waals surface area contributed by atoms with Gasteiger partial charge >= 0.3 is 5.97 Å². The highest BCUT2D eigenvalue weighted by Crippen LogP contribution is 2.25. The molecule has 0 fully saturated rings. The molecular weight excluding hydrogens is 468 g/mol. The fourth-order valence-corrected chi connectivity index (χ4v) is 4.35. The maximum atomic E-state index is 13.1. The third-order valence-electron chi connectivity index (χ3n) is 6.16. The summed E-state index contributed by atoms with van der Waals surface area (Å²) in [4.78, 5) is 33.7. The Balaban J connectivity index is 1.42. The zero-order valence-electron chi connectivity index (χ0n) is 20.8. The number of carbonyl (C=O) groups excluding carboxylic acids is 2. The first-order chi connectivity index (χ1) is 17.9. The molecule has 0 unspecified atom stereocenters. The maximum absolute atomic E-state index is 13.1. The number of hydrogen-bond acceptors (Lipinski definition) is 6. The zero-order chi connectivity index (χ0) is 25.9. The number of hydrogen-bond donors (Lipinski definition) is 1. The van der Waals surface area contributed by atoms with Gasteiger partial charge in [-0.1, -0.05) is 18.2 Å². The number of nitrogens with one attached hydrogen (secondary N) is 1. The third-order valence-corrected chi connectivity index (χ3v) is 6.16. The number of aryl methyl sites for hydroxylation is 2. The molecule has 0 aliphatic carbocycles. The van der Waals surface area contributed by atoms with Gasteiger partial charge in [0.25, 0.3) is 5.91 Å². The normalized spacial score (nSPS) is 11.9. The van der Waals surface area contributed by atoms with Crippen LogP contribution in [-0.2, 0) is 9.53 Å². The second-order valence-electron chi connectivity index (χ2n) is 8.77. The van der Waals surface area contributed by atoms with Crippen LogP contribution < -0.4 is 5.32 Å². The van der Waals surface area contributed by atoms with Crippen molar-refractivity contribution in [1.29, 1.82) is 0 Å². The Kier molecular flexibility index (Phi) is 6.51. The number of esters is 1. The molecule has 9 heteroatoms. The minimum Gasteiger partial charge on any atom is -0.469 e. The topological polar surface area (TPSA) is 103 Å². The van der Waals surface area contributed by atoms with Crippen LogP contribution in [0.5, 0.6) is 0 Å². The number of fused-ring (bicyclic) bond motifs is 1. The Morgan fingerprint density at radius 1 is 1.05 bits per heavy atom. The summed E-state index contributed by atoms with van der Waals surface area (Å²) in [6.07, 6.45) is 6.86. The second-order valence-corrected chi connectivity index (χ2v) is 8.77. The first-order valence-electron chi connectivity index (χ1n) is 11.8. The summed E-state index contributed by atoms with van der Waals surface area (Å²) in [5, 5.41) is 7.51. The lowest BCUT2D eigenvalue weighted by atomic mass is 10.1. The lowest BCUT2D eigenvalue weighted by molar-refractivity contribution is -0.141. The smallest absolute Gasteiger partial charge is 0.307 e. The van der Waals surface area contributed by atoms with Crippen molar-refractivity contribution >= 4 is 17.5 Å². The number of methoxy groups -OCH3 is 1. The lowest BCUT2D eigenvalue weighted by Crippen LogP contribution is -2.30. The number of amides is 1. The molecule has 4 aromatic heterocycles. The Morgan fingerprint density at radius 3 is 2.65 bits per heavy atom. The SMILES string of the molecule is COC(=O)C[C@H](NC(=O)c1ccn2c(-c3cccc(-n4nc(C)cc4C)c3)cnc2c1)c1cccnc1. The van der Waals surface area contributed by atoms with Crippen LogP contribution in [0.3, 0.4) is 0 Å². The summed E-state index contributed by atoms with van der Waals surface area (Å²) in [5.74, 6) is -0.749. The van der Waals surface area contributed by atoms with E-state index in [9.17, 15) is 9.59 Å². The van der Waals surface area contributed by atoms with Crippen molar-refractivity contribution in [3.8, 4) is 16.9 Å². The fraction of sp³-hybridized carbons (Fsp3) is 0.179. The molecular formula is C28H26N6O3. The maximum Gasteiger partial charge on any atom is 0.307 e. The Hall–Kier alpha value is -4.79. The molecule has 5 rings (SSSR count). The first kappa shape index (κ1) is 23.9. The number of nitrogens with zero attached hydrogens (tertiary/aromatic N) is 5. The van der Waals surface area contributed by atoms with E-state index in [0.29, 0.717) is 16.8 Å². The second kappa shape index (κ2) is 10.1. The average molecular weight is 495 g/mol. The van der Waals surface area contributed by atoms with Crippen molar-refractivity contribution in [2.45, 2.75) is 26.3 Å². The van der Waals surface area contributed by atoms with E-state index < -0.39 is 12.0 Å². The fourth-order valence-electron chi connectivity index (χ4n) is 4.35. The van der Waals surface area contributed by atoms with E-state index in [1.54, 1.807) is 36.8 Å². The van der Waals surface area contributed by atoms with Crippen LogP contribution in [0.25, 0.3) is 22.6 Å². The van der Waals surface area contributed by atoms with Crippen molar-refractivity contribution < 1.29 is 14.3 Å². The molecule has 9 nitrogen and oxygen atoms in total. The molecule has 0 saturated heterocycles. The summed E-state index contributed by atoms with van der Waals surface area (Å²) in [6.45, 7) is 4.00. The summed E-state index contributed by atoms with van der Waals surface area (Å²) >= 11 is 0. The van der Waals surface area contributed by atoms with E-state index in [0.717, 1.165) is 28.3 Å². The predicted molar refractivity (Wildman–Crippen MR) is 138 cm³/mol. The summed E-state index contributed by atoms with van der Waals surface area (Å²) in [6, 6.07) is 16.6. The van der Waals surface area contributed by atoms with Crippen LogP contribution in [0.1, 0.15) is 39.8 Å². The van der Waals surface area contributed by atoms with Crippen LogP contribution in [0, 0.1) is 13.8 Å². The highest BCUT2D eigenvalue weighted by Gasteiger charge is 2.20. The Bertz CT molecular complexity index is 1590. The molecule has 0 spiro atoms. The van der Waals surface area contributed by atoms with Gasteiger partial charge in [-0.2, -0.15) is 5.10 Å². The summed E-state index contributed by atoms with van der Waals surface area (Å²) in [5.41, 5.74) is 6.62. The van der Waals surface area contributed by atoms with Crippen molar-refractivity contribution in [3.05, 3.63) is 102 Å². The van der Waals surface area contributed by atoms with Crippen LogP contribution >= 0.6 is 0 Å². The van der Waals surface area contributed by atoms with Gasteiger partial charge in [0.1, 0.15) is 5.65 Å². The van der Waals surface area contributed by atoms with E-state index in [-0.39, 0.29) is 12.3 Å². The minimum absolute atomic E-state index is 0.00467. The predicted octanol–water partition coefficient (Wildman–Crippen LogP) is 4.23. The molecule has 0 radical (unpaired) electrons. The van der Waals surface area contributed by atoms with E-state index >= 15 is 0 Å². The van der Waals surface area contributed by atoms with Gasteiger partial charge in [0.2, 0.25) is 0 Å². The van der Waals surface area contributed by atoms with Crippen LogP contribution in [0.15, 0.2) is 79.4 Å². The number of carbonyl (C=O) groups is 2. The van der Waals surface area contributed by atoms with E-state index in [2.05, 4.69) is 26.4 Å². The quantitative estimate of drug-likeness (QED) is 0.340. The monoisotopic (exact) mass is 494 g/mol. The molecule has 0 bridgehead atoms. The number of aromatic nitrogens is 5. The number of benzene rings is 1. The van der Waals surface area contributed by atoms with Gasteiger partial charge in [0, 0.05) is 35.4 Å². The molecule has 37 heavy (non-hydrogen) atoms. The molecule has 0 aliphatic rings. The molecule has 1 amide bonds. The van der Waals surface area contributed by atoms with Gasteiger partial charge in [-0.15, -0.1) is 0 Å². The number of rotatable bonds is 7. The Labute approximate surface area is 213 Å². The van der Waals surface area contributed by atoms with Gasteiger partial charge in [0.05, 0.1) is 42.8 Å². The number of imidazole rings is 1. The Morgan fingerprint density at radius 2 is 1.92 bits per heavy atom. The first-order valence-corrected chi connectivity index (χ1v) is 11.8. The molecule has 1 aromatic carbocycles. The van der Waals surface area contributed by atoms with E-state index in [4.69, 9.17) is 4.74 Å². The van der Waals surface area contributed by atoms with Gasteiger partial charge in [-0.05, 0) is 55.8 Å². The van der Waals surface area contributed by atoms with Crippen LogP contribution in [-0.4, -0.2) is 43.1 Å². The van der Waals surface area contributed by atoms with Gasteiger partial charge in [0.15, 0.2) is 0 Å². The molecule has 1 N–H and O–H groups in total. The lowest BCUT2D eigenvalue weighted by Gasteiger charge is -2.18. The zero-order valence-corrected chi connectivity index (χ0v) is 20.8. The molecule has 0 aliphatic heterocycles. The summed E-state index contributed by atoms with van der Waals surface area (Å²) < 4.78 is 8.66. The van der Waals surface area contributed by atoms with E-state index in [1.807, 2.05) is 59.5 Å². The largest absolute Gasteiger partial charge is 0.469 e. The molecule has 186 valence electrons. The molecule has 4 heterocycles. The van der Waals surface area contributed by atoms with Crippen molar-refractivity contribution in [2.75, 3.05) is 7.11 Å². The van der Waals surface area contributed by atoms with Crippen molar-refractivity contribution in [3.63, 3.8) is 0 Å². The summed E-state index contributed by atoms with van der Waals surface area (Å²) in [7, 11) is 1.32. The van der Waals surface area contributed by atoms with Crippen molar-refractivity contribution in [1.82, 2.24) is 29.5 Å². The highest BCUT2D eigenvalue weighted by molar-refractivity contribution is 5.95. The molecule has 1 atom stereocenters. The third kappa shape index (κ3) is 4.97. The average Bonchev–Trinajstić information content (AvgIpc) is 3.50. The molecule has 5 aromatic rings. The standard InChI is InChI=1S/C28H26N6O3/c1-18-12-19(2)34(32-18)23-8-4-6-20(13-23)25-17-30-26-14-21(9-11-33(25)26)28(36)31-24(15-27(35)37-3)22-7-5-10-29-16-22/h4-14,16-17,24H,15H2,1-3H3,(H,31,36)/t24-/m0/s1. The highest BCUT2D eigenvalue weighted by atomic mass is 16.5. The van der Waals surface area contributed by atoms with Gasteiger partial charge < -0.3 is 10.1 Å². The van der Waals surface area contributed by atoms with Crippen molar-refractivity contribution in [2.24, 2.45) is 0 Å². The number of ether oxygens (including phenoxy) is 1. The van der Waals surface area contributed by atoms with E-state index in [1.165, 1.54) is 7.11 Å².